The minimum absolute atomic E-state index is 0.0989. The molecule has 0 radical (unpaired) electrons. The average molecular weight is 367 g/mol. The van der Waals surface area contributed by atoms with Crippen molar-refractivity contribution in [3.63, 3.8) is 0 Å². The maximum Gasteiger partial charge on any atom is 0.254 e. The largest absolute Gasteiger partial charge is 0.397 e. The fourth-order valence-electron chi connectivity index (χ4n) is 2.33. The van der Waals surface area contributed by atoms with Crippen LogP contribution in [-0.2, 0) is 0 Å². The lowest BCUT2D eigenvalue weighted by Crippen LogP contribution is -2.49. The van der Waals surface area contributed by atoms with Gasteiger partial charge in [0, 0.05) is 31.6 Å². The maximum atomic E-state index is 12.4. The minimum atomic E-state index is 0.0989. The summed E-state index contributed by atoms with van der Waals surface area (Å²) in [6, 6.07) is 5.65. The lowest BCUT2D eigenvalue weighted by Gasteiger charge is -2.35. The Morgan fingerprint density at radius 3 is 2.62 bits per heavy atom. The van der Waals surface area contributed by atoms with Crippen molar-refractivity contribution in [2.24, 2.45) is 0 Å². The van der Waals surface area contributed by atoms with E-state index in [1.165, 1.54) is 11.3 Å². The van der Waals surface area contributed by atoms with Crippen LogP contribution in [0.3, 0.4) is 0 Å². The van der Waals surface area contributed by atoms with Gasteiger partial charge < -0.3 is 15.5 Å². The Bertz CT molecular complexity index is 635. The third-order valence-electron chi connectivity index (χ3n) is 3.48. The topological polar surface area (TPSA) is 62.5 Å². The molecule has 3 heterocycles. The Morgan fingerprint density at radius 2 is 2.05 bits per heavy atom. The van der Waals surface area contributed by atoms with E-state index < -0.39 is 0 Å². The number of aromatic nitrogens is 1. The number of halogens is 1. The van der Waals surface area contributed by atoms with E-state index in [2.05, 4.69) is 25.8 Å². The van der Waals surface area contributed by atoms with E-state index >= 15 is 0 Å². The first-order valence-corrected chi connectivity index (χ1v) is 8.30. The Kier molecular flexibility index (Phi) is 4.12. The lowest BCUT2D eigenvalue weighted by atomic mass is 10.2. The summed E-state index contributed by atoms with van der Waals surface area (Å²) in [6.45, 7) is 2.98. The summed E-state index contributed by atoms with van der Waals surface area (Å²) >= 11 is 4.92. The van der Waals surface area contributed by atoms with Gasteiger partial charge in [0.2, 0.25) is 0 Å². The molecule has 0 saturated carbocycles. The zero-order valence-corrected chi connectivity index (χ0v) is 13.7. The first-order valence-electron chi connectivity index (χ1n) is 6.63. The van der Waals surface area contributed by atoms with Gasteiger partial charge in [0.05, 0.1) is 21.2 Å². The van der Waals surface area contributed by atoms with Gasteiger partial charge in [-0.15, -0.1) is 11.3 Å². The van der Waals surface area contributed by atoms with Gasteiger partial charge in [0.15, 0.2) is 0 Å². The number of nitrogens with two attached hydrogens (primary N) is 1. The van der Waals surface area contributed by atoms with Crippen LogP contribution in [-0.4, -0.2) is 42.0 Å². The summed E-state index contributed by atoms with van der Waals surface area (Å²) in [5, 5.41) is 1.89. The van der Waals surface area contributed by atoms with Gasteiger partial charge in [0.25, 0.3) is 5.91 Å². The smallest absolute Gasteiger partial charge is 0.254 e. The van der Waals surface area contributed by atoms with Crippen LogP contribution in [0.25, 0.3) is 0 Å². The predicted molar refractivity (Wildman–Crippen MR) is 88.8 cm³/mol. The molecule has 21 heavy (non-hydrogen) atoms. The van der Waals surface area contributed by atoms with Gasteiger partial charge in [-0.3, -0.25) is 4.79 Å². The normalized spacial score (nSPS) is 15.3. The first-order chi connectivity index (χ1) is 10.1. The molecule has 1 fully saturated rings. The maximum absolute atomic E-state index is 12.4. The second-order valence-corrected chi connectivity index (χ2v) is 7.16. The standard InChI is InChI=1S/C14H15BrN4OS/c15-12-7-10(9-21-12)14(20)19-5-3-18(4-6-19)13-2-1-11(16)8-17-13/h1-2,7-9H,3-6,16H2. The molecule has 0 unspecified atom stereocenters. The molecule has 0 spiro atoms. The van der Waals surface area contributed by atoms with Crippen molar-refractivity contribution >= 4 is 44.7 Å². The molecule has 2 aromatic rings. The summed E-state index contributed by atoms with van der Waals surface area (Å²) in [4.78, 5) is 20.8. The molecular formula is C14H15BrN4OS. The van der Waals surface area contributed by atoms with E-state index in [9.17, 15) is 4.79 Å². The van der Waals surface area contributed by atoms with Crippen LogP contribution in [0.15, 0.2) is 33.6 Å². The van der Waals surface area contributed by atoms with Crippen molar-refractivity contribution in [3.8, 4) is 0 Å². The molecule has 2 aromatic heterocycles. The molecule has 3 rings (SSSR count). The third kappa shape index (κ3) is 3.19. The van der Waals surface area contributed by atoms with Crippen LogP contribution in [0.2, 0.25) is 0 Å². The van der Waals surface area contributed by atoms with Crippen molar-refractivity contribution in [3.05, 3.63) is 39.1 Å². The number of nitrogens with zero attached hydrogens (tertiary/aromatic N) is 3. The first kappa shape index (κ1) is 14.3. The summed E-state index contributed by atoms with van der Waals surface area (Å²) in [5.41, 5.74) is 7.07. The molecule has 0 atom stereocenters. The minimum Gasteiger partial charge on any atom is -0.397 e. The van der Waals surface area contributed by atoms with E-state index in [-0.39, 0.29) is 5.91 Å². The molecule has 0 aromatic carbocycles. The molecule has 0 bridgehead atoms. The van der Waals surface area contributed by atoms with Crippen LogP contribution < -0.4 is 10.6 Å². The van der Waals surface area contributed by atoms with Crippen LogP contribution in [0.5, 0.6) is 0 Å². The van der Waals surface area contributed by atoms with Crippen molar-refractivity contribution in [1.29, 1.82) is 0 Å². The molecule has 7 heteroatoms. The van der Waals surface area contributed by atoms with Crippen LogP contribution >= 0.6 is 27.3 Å². The zero-order valence-electron chi connectivity index (χ0n) is 11.3. The molecular weight excluding hydrogens is 352 g/mol. The molecule has 110 valence electrons. The van der Waals surface area contributed by atoms with E-state index in [4.69, 9.17) is 5.73 Å². The Labute approximate surface area is 135 Å². The number of pyridine rings is 1. The number of anilines is 2. The number of amides is 1. The van der Waals surface area contributed by atoms with Crippen LogP contribution in [0.1, 0.15) is 10.4 Å². The Hall–Kier alpha value is -1.60. The predicted octanol–water partition coefficient (Wildman–Crippen LogP) is 2.45. The van der Waals surface area contributed by atoms with Gasteiger partial charge in [-0.1, -0.05) is 0 Å². The molecule has 1 saturated heterocycles. The number of carbonyl (C=O) groups is 1. The quantitative estimate of drug-likeness (QED) is 0.886. The van der Waals surface area contributed by atoms with Crippen LogP contribution in [0, 0.1) is 0 Å². The molecule has 5 nitrogen and oxygen atoms in total. The fraction of sp³-hybridized carbons (Fsp3) is 0.286. The fourth-order valence-corrected chi connectivity index (χ4v) is 3.46. The molecule has 1 aliphatic heterocycles. The number of rotatable bonds is 2. The summed E-state index contributed by atoms with van der Waals surface area (Å²) in [6.07, 6.45) is 1.66. The van der Waals surface area contributed by atoms with E-state index in [0.717, 1.165) is 28.3 Å². The number of hydrogen-bond acceptors (Lipinski definition) is 5. The number of carbonyl (C=O) groups excluding carboxylic acids is 1. The molecule has 1 amide bonds. The van der Waals surface area contributed by atoms with Crippen molar-refractivity contribution in [2.45, 2.75) is 0 Å². The highest BCUT2D eigenvalue weighted by Crippen LogP contribution is 2.22. The van der Waals surface area contributed by atoms with Gasteiger partial charge >= 0.3 is 0 Å². The van der Waals surface area contributed by atoms with E-state index in [1.807, 2.05) is 28.5 Å². The van der Waals surface area contributed by atoms with Gasteiger partial charge in [-0.05, 0) is 34.1 Å². The monoisotopic (exact) mass is 366 g/mol. The SMILES string of the molecule is Nc1ccc(N2CCN(C(=O)c3csc(Br)c3)CC2)nc1. The van der Waals surface area contributed by atoms with Gasteiger partial charge in [-0.2, -0.15) is 0 Å². The van der Waals surface area contributed by atoms with Crippen molar-refractivity contribution in [1.82, 2.24) is 9.88 Å². The summed E-state index contributed by atoms with van der Waals surface area (Å²) in [5.74, 6) is 1.01. The summed E-state index contributed by atoms with van der Waals surface area (Å²) < 4.78 is 0.982. The number of thiophene rings is 1. The van der Waals surface area contributed by atoms with Crippen LogP contribution in [0.4, 0.5) is 11.5 Å². The molecule has 0 aliphatic carbocycles. The second-order valence-electron chi connectivity index (χ2n) is 4.87. The highest BCUT2D eigenvalue weighted by molar-refractivity contribution is 9.11. The van der Waals surface area contributed by atoms with Gasteiger partial charge in [0.1, 0.15) is 5.82 Å². The lowest BCUT2D eigenvalue weighted by molar-refractivity contribution is 0.0747. The highest BCUT2D eigenvalue weighted by Gasteiger charge is 2.23. The third-order valence-corrected chi connectivity index (χ3v) is 4.98. The van der Waals surface area contributed by atoms with Crippen molar-refractivity contribution in [2.75, 3.05) is 36.8 Å². The molecule has 2 N–H and O–H groups in total. The van der Waals surface area contributed by atoms with Crippen molar-refractivity contribution < 1.29 is 4.79 Å². The average Bonchev–Trinajstić information content (AvgIpc) is 2.94. The number of nitrogen functional groups attached to an aromatic ring is 1. The number of piperazine rings is 1. The van der Waals surface area contributed by atoms with E-state index in [1.54, 1.807) is 6.20 Å². The summed E-state index contributed by atoms with van der Waals surface area (Å²) in [7, 11) is 0. The molecule has 1 aliphatic rings. The Morgan fingerprint density at radius 1 is 1.29 bits per heavy atom. The highest BCUT2D eigenvalue weighted by atomic mass is 79.9. The van der Waals surface area contributed by atoms with E-state index in [0.29, 0.717) is 18.8 Å². The second kappa shape index (κ2) is 6.03. The number of hydrogen-bond donors (Lipinski definition) is 1. The Balaban J connectivity index is 1.62. The zero-order chi connectivity index (χ0) is 14.8. The van der Waals surface area contributed by atoms with Gasteiger partial charge in [-0.25, -0.2) is 4.98 Å².